The number of nitrogens with one attached hydrogen (secondary N) is 1. The number of anilines is 1. The quantitative estimate of drug-likeness (QED) is 0.839. The minimum absolute atomic E-state index is 0.125. The van der Waals surface area contributed by atoms with Crippen LogP contribution in [-0.4, -0.2) is 38.9 Å². The number of aromatic nitrogens is 2. The topological polar surface area (TPSA) is 92.3 Å². The van der Waals surface area contributed by atoms with Gasteiger partial charge in [-0.05, 0) is 24.5 Å². The van der Waals surface area contributed by atoms with E-state index in [1.54, 1.807) is 24.3 Å². The SMILES string of the molecule is CC(C)CC(C(=O)Nc1nncs1)N1C(=O)c2ccccc2C1=O. The second-order valence-electron chi connectivity index (χ2n) is 5.90. The summed E-state index contributed by atoms with van der Waals surface area (Å²) in [5, 5.41) is 10.4. The third-order valence-corrected chi connectivity index (χ3v) is 4.33. The summed E-state index contributed by atoms with van der Waals surface area (Å²) in [6, 6.07) is 5.72. The van der Waals surface area contributed by atoms with Crippen LogP contribution in [0.25, 0.3) is 0 Å². The van der Waals surface area contributed by atoms with E-state index in [0.717, 1.165) is 4.90 Å². The maximum absolute atomic E-state index is 12.7. The Morgan fingerprint density at radius 1 is 1.21 bits per heavy atom. The van der Waals surface area contributed by atoms with E-state index in [0.29, 0.717) is 22.7 Å². The average molecular weight is 344 g/mol. The molecule has 0 bridgehead atoms. The number of carbonyl (C=O) groups is 3. The van der Waals surface area contributed by atoms with Crippen LogP contribution in [0.2, 0.25) is 0 Å². The van der Waals surface area contributed by atoms with Gasteiger partial charge in [0.2, 0.25) is 11.0 Å². The lowest BCUT2D eigenvalue weighted by Crippen LogP contribution is -2.47. The van der Waals surface area contributed by atoms with E-state index < -0.39 is 23.8 Å². The molecule has 0 saturated carbocycles. The van der Waals surface area contributed by atoms with E-state index in [9.17, 15) is 14.4 Å². The van der Waals surface area contributed by atoms with Gasteiger partial charge in [0.15, 0.2) is 0 Å². The van der Waals surface area contributed by atoms with Crippen molar-refractivity contribution < 1.29 is 14.4 Å². The zero-order valence-electron chi connectivity index (χ0n) is 13.2. The molecule has 2 heterocycles. The summed E-state index contributed by atoms with van der Waals surface area (Å²) in [6.07, 6.45) is 0.371. The number of amides is 3. The lowest BCUT2D eigenvalue weighted by molar-refractivity contribution is -0.120. The molecule has 124 valence electrons. The van der Waals surface area contributed by atoms with Crippen molar-refractivity contribution in [2.75, 3.05) is 5.32 Å². The van der Waals surface area contributed by atoms with E-state index in [2.05, 4.69) is 15.5 Å². The van der Waals surface area contributed by atoms with Crippen LogP contribution in [0, 0.1) is 5.92 Å². The highest BCUT2D eigenvalue weighted by molar-refractivity contribution is 7.13. The van der Waals surface area contributed by atoms with Gasteiger partial charge in [0.05, 0.1) is 11.1 Å². The third kappa shape index (κ3) is 2.92. The first kappa shape index (κ1) is 16.3. The zero-order chi connectivity index (χ0) is 17.3. The molecule has 1 aliphatic heterocycles. The van der Waals surface area contributed by atoms with E-state index in [1.807, 2.05) is 13.8 Å². The summed E-state index contributed by atoms with van der Waals surface area (Å²) >= 11 is 1.18. The van der Waals surface area contributed by atoms with Gasteiger partial charge in [-0.15, -0.1) is 10.2 Å². The fourth-order valence-corrected chi connectivity index (χ4v) is 3.13. The Kier molecular flexibility index (Phi) is 4.39. The van der Waals surface area contributed by atoms with Crippen LogP contribution in [0.3, 0.4) is 0 Å². The highest BCUT2D eigenvalue weighted by Crippen LogP contribution is 2.27. The van der Waals surface area contributed by atoms with Crippen molar-refractivity contribution in [1.82, 2.24) is 15.1 Å². The maximum atomic E-state index is 12.7. The molecule has 3 rings (SSSR count). The molecule has 3 amide bonds. The van der Waals surface area contributed by atoms with Gasteiger partial charge < -0.3 is 0 Å². The van der Waals surface area contributed by atoms with Gasteiger partial charge in [0, 0.05) is 0 Å². The first-order valence-electron chi connectivity index (χ1n) is 7.53. The Labute approximate surface area is 142 Å². The third-order valence-electron chi connectivity index (χ3n) is 3.72. The Morgan fingerprint density at radius 3 is 2.33 bits per heavy atom. The van der Waals surface area contributed by atoms with Crippen LogP contribution in [0.1, 0.15) is 41.0 Å². The molecule has 8 heteroatoms. The zero-order valence-corrected chi connectivity index (χ0v) is 14.0. The summed E-state index contributed by atoms with van der Waals surface area (Å²) in [5.74, 6) is -1.18. The van der Waals surface area contributed by atoms with Crippen molar-refractivity contribution in [1.29, 1.82) is 0 Å². The minimum Gasteiger partial charge on any atom is -0.299 e. The lowest BCUT2D eigenvalue weighted by atomic mass is 10.0. The van der Waals surface area contributed by atoms with Crippen LogP contribution in [0.4, 0.5) is 5.13 Å². The molecule has 0 fully saturated rings. The lowest BCUT2D eigenvalue weighted by Gasteiger charge is -2.26. The first-order valence-corrected chi connectivity index (χ1v) is 8.41. The predicted octanol–water partition coefficient (Wildman–Crippen LogP) is 2.19. The van der Waals surface area contributed by atoms with Crippen molar-refractivity contribution in [3.05, 3.63) is 40.9 Å². The second kappa shape index (κ2) is 6.48. The number of rotatable bonds is 5. The molecule has 2 aromatic rings. The van der Waals surface area contributed by atoms with Crippen molar-refractivity contribution in [3.8, 4) is 0 Å². The van der Waals surface area contributed by atoms with Gasteiger partial charge in [-0.3, -0.25) is 24.6 Å². The fraction of sp³-hybridized carbons (Fsp3) is 0.312. The molecular formula is C16H16N4O3S. The number of hydrogen-bond donors (Lipinski definition) is 1. The molecule has 7 nitrogen and oxygen atoms in total. The Hall–Kier alpha value is -2.61. The molecule has 1 aliphatic rings. The van der Waals surface area contributed by atoms with Crippen molar-refractivity contribution in [2.45, 2.75) is 26.3 Å². The molecule has 0 saturated heterocycles. The normalized spacial score (nSPS) is 14.9. The number of hydrogen-bond acceptors (Lipinski definition) is 6. The summed E-state index contributed by atoms with van der Waals surface area (Å²) in [4.78, 5) is 39.0. The molecule has 1 atom stereocenters. The number of benzene rings is 1. The highest BCUT2D eigenvalue weighted by atomic mass is 32.1. The standard InChI is InChI=1S/C16H16N4O3S/c1-9(2)7-12(13(21)18-16-19-17-8-24-16)20-14(22)10-5-3-4-6-11(10)15(20)23/h3-6,8-9,12H,7H2,1-2H3,(H,18,19,21). The van der Waals surface area contributed by atoms with Crippen molar-refractivity contribution in [3.63, 3.8) is 0 Å². The van der Waals surface area contributed by atoms with Gasteiger partial charge in [0.25, 0.3) is 11.8 Å². The molecule has 0 radical (unpaired) electrons. The molecular weight excluding hydrogens is 328 g/mol. The highest BCUT2D eigenvalue weighted by Gasteiger charge is 2.42. The summed E-state index contributed by atoms with van der Waals surface area (Å²) in [7, 11) is 0. The van der Waals surface area contributed by atoms with Gasteiger partial charge in [-0.2, -0.15) is 0 Å². The minimum atomic E-state index is -0.888. The Morgan fingerprint density at radius 2 is 1.83 bits per heavy atom. The number of imide groups is 1. The smallest absolute Gasteiger partial charge is 0.262 e. The molecule has 1 aromatic carbocycles. The summed E-state index contributed by atoms with van der Waals surface area (Å²) < 4.78 is 0. The molecule has 1 aromatic heterocycles. The Balaban J connectivity index is 1.91. The second-order valence-corrected chi connectivity index (χ2v) is 6.74. The number of fused-ring (bicyclic) bond motifs is 1. The van der Waals surface area contributed by atoms with Crippen LogP contribution >= 0.6 is 11.3 Å². The molecule has 24 heavy (non-hydrogen) atoms. The van der Waals surface area contributed by atoms with Crippen molar-refractivity contribution >= 4 is 34.2 Å². The monoisotopic (exact) mass is 344 g/mol. The van der Waals surface area contributed by atoms with E-state index in [-0.39, 0.29) is 5.92 Å². The molecule has 1 N–H and O–H groups in total. The van der Waals surface area contributed by atoms with Crippen LogP contribution in [0.15, 0.2) is 29.8 Å². The summed E-state index contributed by atoms with van der Waals surface area (Å²) in [5.41, 5.74) is 2.16. The molecule has 0 aliphatic carbocycles. The first-order chi connectivity index (χ1) is 11.5. The van der Waals surface area contributed by atoms with E-state index in [4.69, 9.17) is 0 Å². The van der Waals surface area contributed by atoms with Crippen LogP contribution < -0.4 is 5.32 Å². The average Bonchev–Trinajstić information content (AvgIpc) is 3.14. The van der Waals surface area contributed by atoms with Gasteiger partial charge in [-0.25, -0.2) is 0 Å². The van der Waals surface area contributed by atoms with E-state index >= 15 is 0 Å². The maximum Gasteiger partial charge on any atom is 0.262 e. The Bertz CT molecular complexity index is 753. The molecule has 0 spiro atoms. The van der Waals surface area contributed by atoms with Crippen LogP contribution in [0.5, 0.6) is 0 Å². The predicted molar refractivity (Wildman–Crippen MR) is 88.7 cm³/mol. The number of nitrogens with zero attached hydrogens (tertiary/aromatic N) is 3. The van der Waals surface area contributed by atoms with Crippen LogP contribution in [-0.2, 0) is 4.79 Å². The van der Waals surface area contributed by atoms with Gasteiger partial charge in [0.1, 0.15) is 11.6 Å². The summed E-state index contributed by atoms with van der Waals surface area (Å²) in [6.45, 7) is 3.87. The van der Waals surface area contributed by atoms with Gasteiger partial charge in [-0.1, -0.05) is 37.3 Å². The fourth-order valence-electron chi connectivity index (χ4n) is 2.68. The molecule has 1 unspecified atom stereocenters. The van der Waals surface area contributed by atoms with E-state index in [1.165, 1.54) is 16.8 Å². The number of carbonyl (C=O) groups excluding carboxylic acids is 3. The van der Waals surface area contributed by atoms with Crippen molar-refractivity contribution in [2.24, 2.45) is 5.92 Å². The van der Waals surface area contributed by atoms with Gasteiger partial charge >= 0.3 is 0 Å². The largest absolute Gasteiger partial charge is 0.299 e.